The average molecular weight is 402 g/mol. The Balaban J connectivity index is 0.000000249. The zero-order chi connectivity index (χ0) is 20.4. The molecule has 4 heterocycles. The van der Waals surface area contributed by atoms with E-state index in [1.807, 2.05) is 10.6 Å². The Morgan fingerprint density at radius 3 is 2.62 bits per heavy atom. The zero-order valence-electron chi connectivity index (χ0n) is 16.5. The number of nitrogens with zero attached hydrogens (tertiary/aromatic N) is 5. The lowest BCUT2D eigenvalue weighted by Crippen LogP contribution is -2.21. The first kappa shape index (κ1) is 19.6. The van der Waals surface area contributed by atoms with Gasteiger partial charge in [0, 0.05) is 25.1 Å². The topological polar surface area (TPSA) is 134 Å². The fourth-order valence-corrected chi connectivity index (χ4v) is 4.02. The van der Waals surface area contributed by atoms with Crippen LogP contribution in [0.2, 0.25) is 0 Å². The van der Waals surface area contributed by atoms with Gasteiger partial charge < -0.3 is 15.6 Å². The summed E-state index contributed by atoms with van der Waals surface area (Å²) >= 11 is 0. The summed E-state index contributed by atoms with van der Waals surface area (Å²) in [6.45, 7) is 1.37. The van der Waals surface area contributed by atoms with Crippen LogP contribution in [0.15, 0.2) is 21.6 Å². The molecule has 1 atom stereocenters. The molecule has 29 heavy (non-hydrogen) atoms. The highest BCUT2D eigenvalue weighted by Gasteiger charge is 2.27. The van der Waals surface area contributed by atoms with Crippen LogP contribution in [0.1, 0.15) is 50.1 Å². The Bertz CT molecular complexity index is 1030. The summed E-state index contributed by atoms with van der Waals surface area (Å²) in [6.07, 6.45) is 7.99. The van der Waals surface area contributed by atoms with E-state index in [1.165, 1.54) is 17.4 Å². The first-order valence-electron chi connectivity index (χ1n) is 9.97. The monoisotopic (exact) mass is 402 g/mol. The van der Waals surface area contributed by atoms with Crippen LogP contribution in [-0.2, 0) is 11.8 Å². The number of nitrogen functional groups attached to an aromatic ring is 1. The Morgan fingerprint density at radius 1 is 1.24 bits per heavy atom. The second-order valence-electron chi connectivity index (χ2n) is 7.58. The van der Waals surface area contributed by atoms with Crippen molar-refractivity contribution in [1.29, 1.82) is 0 Å². The molecule has 0 amide bonds. The van der Waals surface area contributed by atoms with Crippen molar-refractivity contribution in [1.82, 2.24) is 24.3 Å². The molecule has 1 aliphatic carbocycles. The summed E-state index contributed by atoms with van der Waals surface area (Å²) in [6, 6.07) is 1.93. The van der Waals surface area contributed by atoms with Gasteiger partial charge in [-0.1, -0.05) is 18.0 Å². The van der Waals surface area contributed by atoms with E-state index in [4.69, 9.17) is 20.1 Å². The normalized spacial score (nSPS) is 20.0. The molecular weight excluding hydrogens is 376 g/mol. The fraction of sp³-hybridized carbons (Fsp3) is 0.579. The quantitative estimate of drug-likeness (QED) is 0.658. The Labute approximate surface area is 167 Å². The Morgan fingerprint density at radius 2 is 2.03 bits per heavy atom. The van der Waals surface area contributed by atoms with Crippen LogP contribution in [0.4, 0.5) is 5.95 Å². The third-order valence-corrected chi connectivity index (χ3v) is 5.49. The van der Waals surface area contributed by atoms with Crippen molar-refractivity contribution in [2.75, 3.05) is 18.9 Å². The van der Waals surface area contributed by atoms with E-state index in [9.17, 15) is 4.79 Å². The van der Waals surface area contributed by atoms with Gasteiger partial charge in [0.15, 0.2) is 5.82 Å². The molecule has 3 aromatic heterocycles. The number of anilines is 1. The highest BCUT2D eigenvalue weighted by Crippen LogP contribution is 2.39. The SMILES string of the molecule is Cn1c(-c2cc3cnc(N)nn3c2C2CCCC2)noc1=O.OC1CCCOC1. The van der Waals surface area contributed by atoms with E-state index in [2.05, 4.69) is 15.2 Å². The first-order valence-corrected chi connectivity index (χ1v) is 9.97. The molecular formula is C19H26N6O4. The number of aromatic nitrogens is 5. The predicted molar refractivity (Wildman–Crippen MR) is 105 cm³/mol. The molecule has 1 saturated carbocycles. The maximum Gasteiger partial charge on any atom is 0.441 e. The number of aliphatic hydroxyl groups excluding tert-OH is 1. The lowest BCUT2D eigenvalue weighted by Gasteiger charge is -2.15. The lowest BCUT2D eigenvalue weighted by molar-refractivity contribution is -0.00535. The van der Waals surface area contributed by atoms with E-state index < -0.39 is 5.76 Å². The van der Waals surface area contributed by atoms with Crippen LogP contribution < -0.4 is 11.5 Å². The van der Waals surface area contributed by atoms with E-state index in [1.54, 1.807) is 13.2 Å². The van der Waals surface area contributed by atoms with Gasteiger partial charge in [0.25, 0.3) is 0 Å². The van der Waals surface area contributed by atoms with Crippen LogP contribution in [0, 0.1) is 0 Å². The molecule has 0 spiro atoms. The molecule has 1 aliphatic heterocycles. The molecule has 3 N–H and O–H groups in total. The molecule has 1 saturated heterocycles. The standard InChI is InChI=1S/C14H16N6O2.C5H10O2/c1-19-12(18-22-14(19)21)10-6-9-7-16-13(15)17-20(9)11(10)8-4-2-3-5-8;6-5-2-1-3-7-4-5/h6-8H,2-5H2,1H3,(H2,15,17);5-6H,1-4H2. The van der Waals surface area contributed by atoms with Gasteiger partial charge in [-0.2, -0.15) is 0 Å². The second kappa shape index (κ2) is 8.34. The van der Waals surface area contributed by atoms with E-state index >= 15 is 0 Å². The van der Waals surface area contributed by atoms with Crippen molar-refractivity contribution in [3.8, 4) is 11.4 Å². The molecule has 0 radical (unpaired) electrons. The number of hydrogen-bond donors (Lipinski definition) is 2. The van der Waals surface area contributed by atoms with E-state index in [0.29, 0.717) is 18.3 Å². The number of hydrogen-bond acceptors (Lipinski definition) is 8. The lowest BCUT2D eigenvalue weighted by atomic mass is 10.00. The number of fused-ring (bicyclic) bond motifs is 1. The molecule has 3 aromatic rings. The highest BCUT2D eigenvalue weighted by atomic mass is 16.5. The second-order valence-corrected chi connectivity index (χ2v) is 7.58. The van der Waals surface area contributed by atoms with Crippen molar-refractivity contribution < 1.29 is 14.4 Å². The fourth-order valence-electron chi connectivity index (χ4n) is 4.02. The van der Waals surface area contributed by atoms with Gasteiger partial charge in [-0.15, -0.1) is 5.10 Å². The van der Waals surface area contributed by atoms with Crippen molar-refractivity contribution in [3.63, 3.8) is 0 Å². The molecule has 0 aromatic carbocycles. The molecule has 0 bridgehead atoms. The van der Waals surface area contributed by atoms with Gasteiger partial charge in [0.1, 0.15) is 0 Å². The summed E-state index contributed by atoms with van der Waals surface area (Å²) in [5.74, 6) is 0.630. The number of ether oxygens (including phenoxy) is 1. The number of nitrogens with two attached hydrogens (primary N) is 1. The van der Waals surface area contributed by atoms with Crippen molar-refractivity contribution in [2.24, 2.45) is 7.05 Å². The van der Waals surface area contributed by atoms with Crippen LogP contribution in [0.3, 0.4) is 0 Å². The van der Waals surface area contributed by atoms with Crippen LogP contribution in [0.25, 0.3) is 16.9 Å². The summed E-state index contributed by atoms with van der Waals surface area (Å²) in [4.78, 5) is 15.6. The molecule has 10 heteroatoms. The third kappa shape index (κ3) is 4.03. The average Bonchev–Trinajstić information content (AvgIpc) is 3.43. The van der Waals surface area contributed by atoms with E-state index in [0.717, 1.165) is 49.1 Å². The summed E-state index contributed by atoms with van der Waals surface area (Å²) in [5, 5.41) is 17.0. The summed E-state index contributed by atoms with van der Waals surface area (Å²) in [7, 11) is 1.65. The van der Waals surface area contributed by atoms with Gasteiger partial charge >= 0.3 is 5.76 Å². The zero-order valence-corrected chi connectivity index (χ0v) is 16.5. The number of rotatable bonds is 2. The molecule has 156 valence electrons. The van der Waals surface area contributed by atoms with Gasteiger partial charge in [0.2, 0.25) is 5.95 Å². The maximum atomic E-state index is 11.6. The third-order valence-electron chi connectivity index (χ3n) is 5.49. The van der Waals surface area contributed by atoms with Crippen LogP contribution >= 0.6 is 0 Å². The first-order chi connectivity index (χ1) is 14.0. The van der Waals surface area contributed by atoms with Crippen molar-refractivity contribution >= 4 is 11.5 Å². The van der Waals surface area contributed by atoms with Crippen LogP contribution in [-0.4, -0.2) is 48.7 Å². The summed E-state index contributed by atoms with van der Waals surface area (Å²) < 4.78 is 12.9. The Kier molecular flexibility index (Phi) is 5.63. The number of aliphatic hydroxyl groups is 1. The molecule has 1 unspecified atom stereocenters. The van der Waals surface area contributed by atoms with Gasteiger partial charge in [-0.25, -0.2) is 14.3 Å². The van der Waals surface area contributed by atoms with Crippen molar-refractivity contribution in [3.05, 3.63) is 28.5 Å². The smallest absolute Gasteiger partial charge is 0.391 e. The minimum absolute atomic E-state index is 0.186. The van der Waals surface area contributed by atoms with Crippen LogP contribution in [0.5, 0.6) is 0 Å². The minimum Gasteiger partial charge on any atom is -0.391 e. The molecule has 2 aliphatic rings. The van der Waals surface area contributed by atoms with Gasteiger partial charge in [-0.05, 0) is 31.7 Å². The molecule has 10 nitrogen and oxygen atoms in total. The molecule has 2 fully saturated rings. The van der Waals surface area contributed by atoms with Gasteiger partial charge in [-0.3, -0.25) is 9.09 Å². The minimum atomic E-state index is -0.478. The molecule has 5 rings (SSSR count). The van der Waals surface area contributed by atoms with Gasteiger partial charge in [0.05, 0.1) is 30.1 Å². The Hall–Kier alpha value is -2.72. The predicted octanol–water partition coefficient (Wildman–Crippen LogP) is 1.48. The van der Waals surface area contributed by atoms with E-state index in [-0.39, 0.29) is 12.1 Å². The highest BCUT2D eigenvalue weighted by molar-refractivity contribution is 5.69. The summed E-state index contributed by atoms with van der Waals surface area (Å²) in [5.41, 5.74) is 8.47. The maximum absolute atomic E-state index is 11.6. The largest absolute Gasteiger partial charge is 0.441 e. The van der Waals surface area contributed by atoms with Crippen molar-refractivity contribution in [2.45, 2.75) is 50.5 Å².